The molecule has 1 saturated carbocycles. The van der Waals surface area contributed by atoms with Crippen LogP contribution < -0.4 is 0 Å². The monoisotopic (exact) mass is 284 g/mol. The number of aliphatic hydroxyl groups is 1. The minimum atomic E-state index is -0.771. The lowest BCUT2D eigenvalue weighted by molar-refractivity contribution is -0.0704. The first-order chi connectivity index (χ1) is 8.72. The summed E-state index contributed by atoms with van der Waals surface area (Å²) in [7, 11) is 0. The Bertz CT molecular complexity index is 472. The molecule has 2 atom stereocenters. The predicted molar refractivity (Wildman–Crippen MR) is 76.9 cm³/mol. The maximum absolute atomic E-state index is 13.3. The molecule has 1 aliphatic carbocycles. The topological polar surface area (TPSA) is 20.2 Å². The van der Waals surface area contributed by atoms with Gasteiger partial charge >= 0.3 is 0 Å². The van der Waals surface area contributed by atoms with E-state index in [1.54, 1.807) is 6.07 Å². The average molecular weight is 285 g/mol. The van der Waals surface area contributed by atoms with E-state index in [4.69, 9.17) is 11.6 Å². The normalized spacial score (nSPS) is 30.3. The summed E-state index contributed by atoms with van der Waals surface area (Å²) in [5.74, 6) is -0.109. The highest BCUT2D eigenvalue weighted by molar-refractivity contribution is 6.31. The van der Waals surface area contributed by atoms with Crippen LogP contribution in [-0.4, -0.2) is 10.7 Å². The van der Waals surface area contributed by atoms with Crippen LogP contribution in [0.4, 0.5) is 4.39 Å². The van der Waals surface area contributed by atoms with Crippen molar-refractivity contribution < 1.29 is 9.50 Å². The molecule has 1 aliphatic rings. The van der Waals surface area contributed by atoms with Crippen molar-refractivity contribution in [3.63, 3.8) is 0 Å². The summed E-state index contributed by atoms with van der Waals surface area (Å²) < 4.78 is 13.3. The van der Waals surface area contributed by atoms with E-state index in [9.17, 15) is 9.50 Å². The molecule has 0 radical (unpaired) electrons. The van der Waals surface area contributed by atoms with Crippen LogP contribution in [0.25, 0.3) is 0 Å². The molecule has 1 aromatic carbocycles. The quantitative estimate of drug-likeness (QED) is 0.841. The van der Waals surface area contributed by atoms with E-state index in [2.05, 4.69) is 20.8 Å². The molecule has 0 heterocycles. The summed E-state index contributed by atoms with van der Waals surface area (Å²) in [4.78, 5) is 0. The molecule has 2 rings (SSSR count). The van der Waals surface area contributed by atoms with E-state index >= 15 is 0 Å². The summed E-state index contributed by atoms with van der Waals surface area (Å²) in [5, 5.41) is 11.4. The van der Waals surface area contributed by atoms with Crippen LogP contribution in [0, 0.1) is 17.2 Å². The van der Waals surface area contributed by atoms with Gasteiger partial charge in [0.05, 0.1) is 5.60 Å². The minimum absolute atomic E-state index is 0.190. The molecule has 1 nitrogen and oxygen atoms in total. The van der Waals surface area contributed by atoms with Gasteiger partial charge in [-0.1, -0.05) is 32.4 Å². The Morgan fingerprint density at radius 1 is 1.37 bits per heavy atom. The van der Waals surface area contributed by atoms with E-state index in [1.165, 1.54) is 12.1 Å². The molecule has 0 aromatic heterocycles. The summed E-state index contributed by atoms with van der Waals surface area (Å²) in [6.45, 7) is 6.55. The predicted octanol–water partition coefficient (Wildman–Crippen LogP) is 4.60. The number of benzene rings is 1. The zero-order valence-corrected chi connectivity index (χ0v) is 12.6. The Kier molecular flexibility index (Phi) is 3.95. The molecule has 1 N–H and O–H groups in total. The van der Waals surface area contributed by atoms with Crippen molar-refractivity contribution in [1.29, 1.82) is 0 Å². The number of hydrogen-bond acceptors (Lipinski definition) is 1. The summed E-state index contributed by atoms with van der Waals surface area (Å²) in [5.41, 5.74) is 0.209. The summed E-state index contributed by atoms with van der Waals surface area (Å²) in [6.07, 6.45) is 3.14. The van der Waals surface area contributed by atoms with Gasteiger partial charge in [-0.2, -0.15) is 0 Å². The van der Waals surface area contributed by atoms with Gasteiger partial charge in [-0.15, -0.1) is 0 Å². The molecule has 1 fully saturated rings. The molecule has 0 spiro atoms. The zero-order chi connectivity index (χ0) is 14.3. The second-order valence-electron chi connectivity index (χ2n) is 6.79. The Morgan fingerprint density at radius 3 is 2.68 bits per heavy atom. The van der Waals surface area contributed by atoms with Crippen molar-refractivity contribution in [2.75, 3.05) is 0 Å². The van der Waals surface area contributed by atoms with Crippen molar-refractivity contribution in [3.8, 4) is 0 Å². The van der Waals surface area contributed by atoms with Crippen LogP contribution in [0.5, 0.6) is 0 Å². The Balaban J connectivity index is 2.20. The van der Waals surface area contributed by atoms with Crippen molar-refractivity contribution >= 4 is 11.6 Å². The maximum Gasteiger partial charge on any atom is 0.123 e. The summed E-state index contributed by atoms with van der Waals surface area (Å²) >= 11 is 6.10. The standard InChI is InChI=1S/C16H22ClFO/c1-11-9-15(2,3)6-7-16(11,19)10-12-8-13(18)4-5-14(12)17/h4-5,8,11,19H,6-7,9-10H2,1-3H3. The highest BCUT2D eigenvalue weighted by Gasteiger charge is 2.42. The lowest BCUT2D eigenvalue weighted by Gasteiger charge is -2.45. The smallest absolute Gasteiger partial charge is 0.123 e. The minimum Gasteiger partial charge on any atom is -0.389 e. The van der Waals surface area contributed by atoms with Crippen molar-refractivity contribution in [1.82, 2.24) is 0 Å². The third kappa shape index (κ3) is 3.29. The van der Waals surface area contributed by atoms with Gasteiger partial charge in [0, 0.05) is 11.4 Å². The lowest BCUT2D eigenvalue weighted by Crippen LogP contribution is -2.45. The van der Waals surface area contributed by atoms with Gasteiger partial charge in [0.2, 0.25) is 0 Å². The largest absolute Gasteiger partial charge is 0.389 e. The highest BCUT2D eigenvalue weighted by Crippen LogP contribution is 2.45. The first-order valence-electron chi connectivity index (χ1n) is 6.88. The average Bonchev–Trinajstić information content (AvgIpc) is 2.30. The van der Waals surface area contributed by atoms with Gasteiger partial charge in [0.15, 0.2) is 0 Å². The lowest BCUT2D eigenvalue weighted by atomic mass is 9.64. The van der Waals surface area contributed by atoms with Crippen LogP contribution in [0.2, 0.25) is 5.02 Å². The Labute approximate surface area is 119 Å². The second-order valence-corrected chi connectivity index (χ2v) is 7.19. The van der Waals surface area contributed by atoms with Gasteiger partial charge in [0.1, 0.15) is 5.82 Å². The highest BCUT2D eigenvalue weighted by atomic mass is 35.5. The molecule has 3 heteroatoms. The number of halogens is 2. The van der Waals surface area contributed by atoms with Crippen molar-refractivity contribution in [3.05, 3.63) is 34.6 Å². The van der Waals surface area contributed by atoms with E-state index in [-0.39, 0.29) is 17.2 Å². The van der Waals surface area contributed by atoms with Crippen LogP contribution in [-0.2, 0) is 6.42 Å². The number of rotatable bonds is 2. The van der Waals surface area contributed by atoms with Gasteiger partial charge in [-0.25, -0.2) is 4.39 Å². The van der Waals surface area contributed by atoms with Crippen molar-refractivity contribution in [2.24, 2.45) is 11.3 Å². The first-order valence-corrected chi connectivity index (χ1v) is 7.26. The first kappa shape index (κ1) is 14.8. The molecule has 0 bridgehead atoms. The Morgan fingerprint density at radius 2 is 2.05 bits per heavy atom. The molecule has 19 heavy (non-hydrogen) atoms. The second kappa shape index (κ2) is 5.06. The van der Waals surface area contributed by atoms with Crippen molar-refractivity contribution in [2.45, 2.75) is 52.1 Å². The molecule has 106 valence electrons. The maximum atomic E-state index is 13.3. The summed E-state index contributed by atoms with van der Waals surface area (Å²) in [6, 6.07) is 4.35. The van der Waals surface area contributed by atoms with Gasteiger partial charge in [-0.3, -0.25) is 0 Å². The van der Waals surface area contributed by atoms with Crippen LogP contribution in [0.1, 0.15) is 45.6 Å². The fourth-order valence-electron chi connectivity index (χ4n) is 3.19. The van der Waals surface area contributed by atoms with Gasteiger partial charge in [0.25, 0.3) is 0 Å². The molecule has 0 aliphatic heterocycles. The molecule has 0 saturated heterocycles. The molecule has 1 aromatic rings. The third-order valence-electron chi connectivity index (χ3n) is 4.52. The fourth-order valence-corrected chi connectivity index (χ4v) is 3.38. The molecular weight excluding hydrogens is 263 g/mol. The SMILES string of the molecule is CC1CC(C)(C)CCC1(O)Cc1cc(F)ccc1Cl. The van der Waals surface area contributed by atoms with E-state index < -0.39 is 5.60 Å². The van der Waals surface area contributed by atoms with E-state index in [0.717, 1.165) is 19.3 Å². The Hall–Kier alpha value is -0.600. The van der Waals surface area contributed by atoms with Gasteiger partial charge < -0.3 is 5.11 Å². The van der Waals surface area contributed by atoms with E-state index in [0.29, 0.717) is 17.0 Å². The van der Waals surface area contributed by atoms with E-state index in [1.807, 2.05) is 0 Å². The number of hydrogen-bond donors (Lipinski definition) is 1. The third-order valence-corrected chi connectivity index (χ3v) is 4.88. The molecule has 0 amide bonds. The molecule has 2 unspecified atom stereocenters. The van der Waals surface area contributed by atoms with Crippen LogP contribution in [0.3, 0.4) is 0 Å². The van der Waals surface area contributed by atoms with Crippen LogP contribution in [0.15, 0.2) is 18.2 Å². The fraction of sp³-hybridized carbons (Fsp3) is 0.625. The zero-order valence-electron chi connectivity index (χ0n) is 11.8. The van der Waals surface area contributed by atoms with Crippen LogP contribution >= 0.6 is 11.6 Å². The van der Waals surface area contributed by atoms with Gasteiger partial charge in [-0.05, 0) is 54.4 Å². The molecular formula is C16H22ClFO.